The van der Waals surface area contributed by atoms with Crippen LogP contribution >= 0.6 is 10.0 Å². The van der Waals surface area contributed by atoms with Gasteiger partial charge in [0.15, 0.2) is 0 Å². The molecule has 0 bridgehead atoms. The summed E-state index contributed by atoms with van der Waals surface area (Å²) >= 11 is 0.535. The topological polar surface area (TPSA) is 0 Å². The van der Waals surface area contributed by atoms with Gasteiger partial charge in [0.25, 0.3) is 0 Å². The van der Waals surface area contributed by atoms with E-state index in [1.165, 1.54) is 0 Å². The molecule has 0 radical (unpaired) electrons. The molecule has 0 nitrogen and oxygen atoms in total. The summed E-state index contributed by atoms with van der Waals surface area (Å²) in [6.45, 7) is 4.00. The first-order valence-corrected chi connectivity index (χ1v) is 6.89. The Balaban J connectivity index is 0. The predicted octanol–water partition coefficient (Wildman–Crippen LogP) is 0.532. The third kappa shape index (κ3) is 13.7. The molecular weight excluding hydrogens is 132 g/mol. The van der Waals surface area contributed by atoms with E-state index in [1.54, 1.807) is 0 Å². The van der Waals surface area contributed by atoms with E-state index in [0.717, 1.165) is 0 Å². The van der Waals surface area contributed by atoms with E-state index >= 15 is 0 Å². The zero-order valence-corrected chi connectivity index (χ0v) is 8.33. The zero-order valence-electron chi connectivity index (χ0n) is 3.38. The Morgan fingerprint density at radius 2 is 1.25 bits per heavy atom. The average molecular weight is 141 g/mol. The Morgan fingerprint density at radius 1 is 1.25 bits per heavy atom. The molecular formula is C2H9ClGe. The van der Waals surface area contributed by atoms with E-state index in [9.17, 15) is 0 Å². The summed E-state index contributed by atoms with van der Waals surface area (Å²) in [6.07, 6.45) is 0. The normalized spacial score (nSPS) is 3.75. The van der Waals surface area contributed by atoms with Crippen LogP contribution in [0.3, 0.4) is 0 Å². The fraction of sp³-hybridized carbons (Fsp3) is 1.00. The molecule has 0 aliphatic carbocycles. The van der Waals surface area contributed by atoms with Crippen molar-refractivity contribution in [3.05, 3.63) is 0 Å². The summed E-state index contributed by atoms with van der Waals surface area (Å²) in [6, 6.07) is 0. The molecule has 0 saturated heterocycles. The third-order valence-electron chi connectivity index (χ3n) is 0. The first-order valence-electron chi connectivity index (χ1n) is 1.38. The van der Waals surface area contributed by atoms with E-state index < -0.39 is 0 Å². The van der Waals surface area contributed by atoms with Crippen molar-refractivity contribution in [2.75, 3.05) is 0 Å². The number of halogens is 1. The van der Waals surface area contributed by atoms with Gasteiger partial charge < -0.3 is 0 Å². The maximum atomic E-state index is 4.83. The first-order chi connectivity index (χ1) is 2.00. The molecule has 0 heterocycles. The van der Waals surface area contributed by atoms with E-state index in [-0.39, 0.29) is 0 Å². The standard InChI is InChI=1S/C2H6.ClGeH3/c2*1-2/h1-2H3;2H3. The van der Waals surface area contributed by atoms with Gasteiger partial charge in [-0.1, -0.05) is 13.8 Å². The molecule has 0 aromatic rings. The van der Waals surface area contributed by atoms with Gasteiger partial charge in [-0.15, -0.1) is 0 Å². The van der Waals surface area contributed by atoms with E-state index in [4.69, 9.17) is 10.0 Å². The van der Waals surface area contributed by atoms with Gasteiger partial charge in [0.05, 0.1) is 0 Å². The van der Waals surface area contributed by atoms with Crippen molar-refractivity contribution in [3.63, 3.8) is 0 Å². The molecule has 0 aromatic heterocycles. The van der Waals surface area contributed by atoms with Crippen LogP contribution < -0.4 is 0 Å². The Kier molecular flexibility index (Phi) is 98.1. The maximum absolute atomic E-state index is 4.83. The van der Waals surface area contributed by atoms with E-state index in [1.807, 2.05) is 13.8 Å². The molecule has 0 fully saturated rings. The third-order valence-corrected chi connectivity index (χ3v) is 0. The summed E-state index contributed by atoms with van der Waals surface area (Å²) in [5, 5.41) is 0. The predicted molar refractivity (Wildman–Crippen MR) is 27.1 cm³/mol. The van der Waals surface area contributed by atoms with E-state index in [0.29, 0.717) is 15.6 Å². The fourth-order valence-corrected chi connectivity index (χ4v) is 0. The number of rotatable bonds is 0. The molecule has 0 aromatic carbocycles. The molecule has 0 N–H and O–H groups in total. The van der Waals surface area contributed by atoms with Crippen molar-refractivity contribution < 1.29 is 0 Å². The molecule has 2 heteroatoms. The molecule has 28 valence electrons. The molecule has 0 rings (SSSR count). The minimum atomic E-state index is 0.535. The average Bonchev–Trinajstić information content (AvgIpc) is 1.50. The van der Waals surface area contributed by atoms with Crippen molar-refractivity contribution in [1.82, 2.24) is 0 Å². The van der Waals surface area contributed by atoms with Crippen LogP contribution in [0, 0.1) is 0 Å². The van der Waals surface area contributed by atoms with Gasteiger partial charge in [-0.25, -0.2) is 0 Å². The van der Waals surface area contributed by atoms with Crippen LogP contribution in [0.2, 0.25) is 0 Å². The Morgan fingerprint density at radius 3 is 1.25 bits per heavy atom. The summed E-state index contributed by atoms with van der Waals surface area (Å²) < 4.78 is 0. The van der Waals surface area contributed by atoms with Crippen LogP contribution in [0.4, 0.5) is 0 Å². The summed E-state index contributed by atoms with van der Waals surface area (Å²) in [7, 11) is 4.83. The quantitative estimate of drug-likeness (QED) is 0.432. The van der Waals surface area contributed by atoms with Gasteiger partial charge in [0, 0.05) is 0 Å². The second kappa shape index (κ2) is 44.3. The van der Waals surface area contributed by atoms with Crippen LogP contribution in [0.25, 0.3) is 0 Å². The number of hydrogen-bond donors (Lipinski definition) is 0. The SMILES string of the molecule is CC.[Cl][GeH3]. The van der Waals surface area contributed by atoms with Crippen LogP contribution in [0.5, 0.6) is 0 Å². The van der Waals surface area contributed by atoms with Gasteiger partial charge >= 0.3 is 25.6 Å². The van der Waals surface area contributed by atoms with Gasteiger partial charge in [-0.2, -0.15) is 0 Å². The summed E-state index contributed by atoms with van der Waals surface area (Å²) in [5.41, 5.74) is 0. The van der Waals surface area contributed by atoms with Gasteiger partial charge in [0.2, 0.25) is 0 Å². The minimum absolute atomic E-state index is 0.535. The van der Waals surface area contributed by atoms with Crippen molar-refractivity contribution >= 4 is 25.6 Å². The monoisotopic (exact) mass is 142 g/mol. The van der Waals surface area contributed by atoms with E-state index in [2.05, 4.69) is 0 Å². The molecule has 4 heavy (non-hydrogen) atoms. The van der Waals surface area contributed by atoms with Crippen LogP contribution in [-0.2, 0) is 0 Å². The summed E-state index contributed by atoms with van der Waals surface area (Å²) in [5.74, 6) is 0. The zero-order chi connectivity index (χ0) is 4.00. The van der Waals surface area contributed by atoms with Gasteiger partial charge in [-0.3, -0.25) is 0 Å². The van der Waals surface area contributed by atoms with Gasteiger partial charge in [-0.05, 0) is 0 Å². The molecule has 0 unspecified atom stereocenters. The Bertz CT molecular complexity index is 6.00. The molecule has 0 saturated carbocycles. The Hall–Kier alpha value is 0.833. The van der Waals surface area contributed by atoms with Crippen LogP contribution in [-0.4, -0.2) is 15.6 Å². The van der Waals surface area contributed by atoms with Crippen molar-refractivity contribution in [2.24, 2.45) is 0 Å². The van der Waals surface area contributed by atoms with Crippen LogP contribution in [0.15, 0.2) is 0 Å². The Labute approximate surface area is 39.9 Å². The van der Waals surface area contributed by atoms with Gasteiger partial charge in [0.1, 0.15) is 0 Å². The molecule has 0 amide bonds. The van der Waals surface area contributed by atoms with Crippen molar-refractivity contribution in [2.45, 2.75) is 13.8 Å². The second-order valence-corrected chi connectivity index (χ2v) is 0. The second-order valence-electron chi connectivity index (χ2n) is 0. The molecule has 0 atom stereocenters. The summed E-state index contributed by atoms with van der Waals surface area (Å²) in [4.78, 5) is 0. The van der Waals surface area contributed by atoms with Crippen LogP contribution in [0.1, 0.15) is 13.8 Å². The van der Waals surface area contributed by atoms with Crippen molar-refractivity contribution in [3.8, 4) is 0 Å². The number of hydrogen-bond acceptors (Lipinski definition) is 0. The van der Waals surface area contributed by atoms with Crippen molar-refractivity contribution in [1.29, 1.82) is 0 Å². The fourth-order valence-electron chi connectivity index (χ4n) is 0. The molecule has 0 spiro atoms. The molecule has 0 aliphatic rings. The first kappa shape index (κ1) is 8.85. The molecule has 0 aliphatic heterocycles.